The van der Waals surface area contributed by atoms with Gasteiger partial charge in [-0.15, -0.1) is 18.2 Å². The van der Waals surface area contributed by atoms with Crippen molar-refractivity contribution in [2.45, 2.75) is 104 Å². The summed E-state index contributed by atoms with van der Waals surface area (Å²) in [6.07, 6.45) is 0.506. The number of thiophene rings is 1. The first-order chi connectivity index (χ1) is 30.9. The summed E-state index contributed by atoms with van der Waals surface area (Å²) in [7, 11) is 0. The maximum Gasteiger partial charge on any atom is 0 e. The Kier molecular flexibility index (Phi) is 13.0. The van der Waals surface area contributed by atoms with Crippen LogP contribution in [0.25, 0.3) is 70.7 Å². The molecule has 0 fully saturated rings. The van der Waals surface area contributed by atoms with Crippen LogP contribution in [0, 0.1) is 24.5 Å². The van der Waals surface area contributed by atoms with Crippen molar-refractivity contribution in [1.82, 2.24) is 14.5 Å². The van der Waals surface area contributed by atoms with E-state index in [1.807, 2.05) is 50.4 Å². The van der Waals surface area contributed by atoms with E-state index in [0.29, 0.717) is 0 Å². The summed E-state index contributed by atoms with van der Waals surface area (Å²) in [6, 6.07) is 52.0. The molecule has 1 radical (unpaired) electrons. The van der Waals surface area contributed by atoms with Gasteiger partial charge >= 0.3 is 160 Å². The number of fused-ring (bicyclic) bond motifs is 4. The maximum absolute atomic E-state index is 8.90. The smallest absolute Gasteiger partial charge is 0 e. The molecule has 335 valence electrons. The van der Waals surface area contributed by atoms with Gasteiger partial charge in [0.25, 0.3) is 0 Å². The average Bonchev–Trinajstić information content (AvgIpc) is 3.83. The Hall–Kier alpha value is -4.65. The van der Waals surface area contributed by atoms with E-state index in [-0.39, 0.29) is 30.9 Å². The van der Waals surface area contributed by atoms with Crippen LogP contribution in [-0.4, -0.2) is 27.8 Å². The molecule has 0 bridgehead atoms. The van der Waals surface area contributed by atoms with Crippen molar-refractivity contribution in [3.05, 3.63) is 168 Å². The van der Waals surface area contributed by atoms with Crippen molar-refractivity contribution < 1.29 is 22.8 Å². The summed E-state index contributed by atoms with van der Waals surface area (Å²) in [5.41, 5.74) is 12.6. The number of nitrogens with zero attached hydrogens (tertiary/aromatic N) is 3. The molecule has 9 rings (SSSR count). The zero-order chi connectivity index (χ0) is 47.6. The van der Waals surface area contributed by atoms with E-state index < -0.39 is 25.1 Å². The number of pyridine rings is 1. The van der Waals surface area contributed by atoms with Gasteiger partial charge in [-0.2, -0.15) is 11.3 Å². The van der Waals surface area contributed by atoms with Gasteiger partial charge in [0.05, 0.1) is 16.9 Å². The standard InChI is InChI=1S/C36H29N2S.C23H34GeN.Ir/c1-23-17-19-26-27-13-10-14-28(34(27)39-33(26)21-23)35-37-30-15-8-9-16-32(30)38(35)31-20-18-25(22-29(31)36(2,3)4)24-11-6-5-7-12-24;1-22(2,3)15-18-14-21(25-16-20(18)24(7,8)9)17-11-10-12-19(13-17)23(4,5)6;/h5-13,15-22H,1-4H3;10,12-14,16H,15H2,1-9H3;/q2*-1;/i;15D2;. The zero-order valence-electron chi connectivity index (χ0n) is 42.3. The van der Waals surface area contributed by atoms with Crippen LogP contribution in [0.15, 0.2) is 134 Å². The molecule has 3 heterocycles. The first-order valence-corrected chi connectivity index (χ1v) is 30.6. The summed E-state index contributed by atoms with van der Waals surface area (Å²) in [4.78, 5) is 9.98. The molecule has 0 aliphatic rings. The van der Waals surface area contributed by atoms with E-state index in [1.54, 1.807) is 0 Å². The van der Waals surface area contributed by atoms with Crippen LogP contribution in [0.5, 0.6) is 0 Å². The minimum Gasteiger partial charge on any atom is 0 e. The SMILES string of the molecule is Cc1ccc2c(c1)sc1c(-c3nc4ccccc4n3-c3ccc(-c4ccccc4)cc3C(C)(C)C)[c-]ccc12.[2H]C([2H])(c1cc(-c2[c-]ccc(C(C)(C)C)c2)nc[c]1[Ge]([CH3])([CH3])[CH3])C(C)(C)C.[Ir]. The third kappa shape index (κ3) is 10.5. The molecule has 6 heteroatoms. The molecule has 0 aliphatic heterocycles. The third-order valence-electron chi connectivity index (χ3n) is 11.7. The van der Waals surface area contributed by atoms with E-state index in [0.717, 1.165) is 49.3 Å². The second kappa shape index (κ2) is 18.6. The molecule has 65 heavy (non-hydrogen) atoms. The van der Waals surface area contributed by atoms with Crippen molar-refractivity contribution in [2.75, 3.05) is 0 Å². The van der Waals surface area contributed by atoms with Gasteiger partial charge < -0.3 is 4.57 Å². The van der Waals surface area contributed by atoms with Crippen molar-refractivity contribution in [3.8, 4) is 39.5 Å². The Bertz CT molecular complexity index is 3230. The monoisotopic (exact) mass is 1110 g/mol. The first-order valence-electron chi connectivity index (χ1n) is 23.5. The minimum absolute atomic E-state index is 0. The maximum atomic E-state index is 8.90. The van der Waals surface area contributed by atoms with E-state index in [2.05, 4.69) is 198 Å². The van der Waals surface area contributed by atoms with Gasteiger partial charge in [0.2, 0.25) is 0 Å². The largest absolute Gasteiger partial charge is 0 e. The summed E-state index contributed by atoms with van der Waals surface area (Å²) >= 11 is -0.454. The molecule has 3 nitrogen and oxygen atoms in total. The van der Waals surface area contributed by atoms with Crippen LogP contribution >= 0.6 is 11.3 Å². The normalized spacial score (nSPS) is 13.0. The van der Waals surface area contributed by atoms with Crippen molar-refractivity contribution >= 4 is 60.2 Å². The van der Waals surface area contributed by atoms with E-state index in [4.69, 9.17) is 12.7 Å². The Balaban J connectivity index is 0.000000211. The van der Waals surface area contributed by atoms with Crippen LogP contribution < -0.4 is 4.40 Å². The molecule has 3 aromatic heterocycles. The predicted molar refractivity (Wildman–Crippen MR) is 280 cm³/mol. The van der Waals surface area contributed by atoms with Gasteiger partial charge in [-0.1, -0.05) is 92.4 Å². The molecule has 6 aromatic carbocycles. The number of hydrogen-bond acceptors (Lipinski definition) is 3. The fraction of sp³-hybridized carbons (Fsp3) is 0.288. The van der Waals surface area contributed by atoms with Gasteiger partial charge in [-0.05, 0) is 75.0 Å². The van der Waals surface area contributed by atoms with Gasteiger partial charge in [0.15, 0.2) is 0 Å². The number of aromatic nitrogens is 3. The Morgan fingerprint density at radius 3 is 2.11 bits per heavy atom. The molecule has 0 saturated carbocycles. The molecular formula is C59H63GeIrN3S-2. The number of para-hydroxylation sites is 2. The van der Waals surface area contributed by atoms with Crippen LogP contribution in [0.4, 0.5) is 0 Å². The number of benzene rings is 6. The van der Waals surface area contributed by atoms with Crippen LogP contribution in [-0.2, 0) is 37.3 Å². The Morgan fingerprint density at radius 2 is 1.42 bits per heavy atom. The number of imidazole rings is 1. The van der Waals surface area contributed by atoms with Gasteiger partial charge in [0.1, 0.15) is 0 Å². The summed E-state index contributed by atoms with van der Waals surface area (Å²) in [5, 5.41) is 2.55. The first kappa shape index (κ1) is 45.5. The third-order valence-corrected chi connectivity index (χ3v) is 17.1. The van der Waals surface area contributed by atoms with Crippen molar-refractivity contribution in [1.29, 1.82) is 0 Å². The molecule has 0 saturated heterocycles. The Morgan fingerprint density at radius 1 is 0.708 bits per heavy atom. The molecule has 0 aliphatic carbocycles. The van der Waals surface area contributed by atoms with Gasteiger partial charge in [0, 0.05) is 30.5 Å². The van der Waals surface area contributed by atoms with E-state index in [9.17, 15) is 0 Å². The number of hydrogen-bond donors (Lipinski definition) is 0. The molecule has 9 aromatic rings. The topological polar surface area (TPSA) is 30.7 Å². The summed E-state index contributed by atoms with van der Waals surface area (Å²) < 4.78 is 23.8. The molecular weight excluding hydrogens is 1050 g/mol. The number of aryl methyl sites for hydroxylation is 1. The molecule has 0 spiro atoms. The molecule has 0 unspecified atom stereocenters. The fourth-order valence-corrected chi connectivity index (χ4v) is 12.6. The van der Waals surface area contributed by atoms with Crippen LogP contribution in [0.2, 0.25) is 17.3 Å². The van der Waals surface area contributed by atoms with Crippen LogP contribution in [0.3, 0.4) is 0 Å². The van der Waals surface area contributed by atoms with Crippen molar-refractivity contribution in [3.63, 3.8) is 0 Å². The molecule has 0 N–H and O–H groups in total. The van der Waals surface area contributed by atoms with E-state index >= 15 is 0 Å². The second-order valence-electron chi connectivity index (χ2n) is 21.3. The van der Waals surface area contributed by atoms with E-state index in [1.165, 1.54) is 48.0 Å². The summed E-state index contributed by atoms with van der Waals surface area (Å²) in [6.45, 7) is 21.5. The predicted octanol–water partition coefficient (Wildman–Crippen LogP) is 16.1. The Labute approximate surface area is 411 Å². The number of rotatable bonds is 6. The molecule has 0 atom stereocenters. The van der Waals surface area contributed by atoms with Gasteiger partial charge in [-0.25, -0.2) is 0 Å². The second-order valence-corrected chi connectivity index (χ2v) is 32.9. The fourth-order valence-electron chi connectivity index (χ4n) is 8.38. The van der Waals surface area contributed by atoms with Gasteiger partial charge in [-0.3, -0.25) is 4.98 Å². The van der Waals surface area contributed by atoms with Crippen molar-refractivity contribution in [2.24, 2.45) is 5.41 Å². The quantitative estimate of drug-likeness (QED) is 0.123. The summed E-state index contributed by atoms with van der Waals surface area (Å²) in [5.74, 6) is 7.82. The van der Waals surface area contributed by atoms with Crippen LogP contribution in [0.1, 0.15) is 87.3 Å². The minimum atomic E-state index is -2.29. The molecule has 0 amide bonds. The average molecular weight is 1110 g/mol. The zero-order valence-corrected chi connectivity index (χ0v) is 45.6.